The summed E-state index contributed by atoms with van der Waals surface area (Å²) in [5.41, 5.74) is 7.45. The van der Waals surface area contributed by atoms with E-state index in [1.165, 1.54) is 5.56 Å². The van der Waals surface area contributed by atoms with Crippen LogP contribution in [0, 0.1) is 20.8 Å². The topological polar surface area (TPSA) is 85.2 Å². The summed E-state index contributed by atoms with van der Waals surface area (Å²) in [6, 6.07) is 16.0. The molecule has 1 atom stereocenters. The Hall–Kier alpha value is -3.51. The van der Waals surface area contributed by atoms with Crippen LogP contribution in [-0.4, -0.2) is 35.0 Å². The first kappa shape index (κ1) is 24.2. The van der Waals surface area contributed by atoms with Gasteiger partial charge in [-0.1, -0.05) is 24.3 Å². The van der Waals surface area contributed by atoms with Crippen LogP contribution in [0.3, 0.4) is 0 Å². The highest BCUT2D eigenvalue weighted by atomic mass is 16.5. The minimum Gasteiger partial charge on any atom is -0.491 e. The lowest BCUT2D eigenvalue weighted by Crippen LogP contribution is -2.22. The van der Waals surface area contributed by atoms with Crippen LogP contribution in [0.4, 0.5) is 0 Å². The van der Waals surface area contributed by atoms with Crippen LogP contribution in [0.15, 0.2) is 48.5 Å². The molecule has 0 amide bonds. The number of carbonyl (C=O) groups is 1. The Balaban J connectivity index is 1.35. The number of carboxylic acids is 1. The van der Waals surface area contributed by atoms with E-state index in [1.54, 1.807) is 0 Å². The zero-order valence-electron chi connectivity index (χ0n) is 21.0. The van der Waals surface area contributed by atoms with Crippen LogP contribution in [0.1, 0.15) is 53.0 Å². The molecule has 1 spiro atoms. The van der Waals surface area contributed by atoms with Gasteiger partial charge in [-0.25, -0.2) is 0 Å². The van der Waals surface area contributed by atoms with Crippen molar-refractivity contribution in [3.63, 3.8) is 0 Å². The zero-order chi connectivity index (χ0) is 25.4. The molecule has 1 aliphatic heterocycles. The quantitative estimate of drug-likeness (QED) is 0.401. The molecule has 0 saturated heterocycles. The third kappa shape index (κ3) is 4.53. The average molecular weight is 489 g/mol. The van der Waals surface area contributed by atoms with Gasteiger partial charge in [0.2, 0.25) is 0 Å². The van der Waals surface area contributed by atoms with Gasteiger partial charge in [0.15, 0.2) is 0 Å². The lowest BCUT2D eigenvalue weighted by atomic mass is 9.90. The number of carboxylic acid groups (broad SMARTS) is 1. The molecule has 3 aromatic carbocycles. The second-order valence-corrected chi connectivity index (χ2v) is 9.90. The molecule has 2 aliphatic rings. The summed E-state index contributed by atoms with van der Waals surface area (Å²) in [7, 11) is 0. The molecule has 6 heteroatoms. The van der Waals surface area contributed by atoms with Crippen LogP contribution in [0.5, 0.6) is 17.2 Å². The molecular formula is C30H32O6. The van der Waals surface area contributed by atoms with Gasteiger partial charge in [-0.15, -0.1) is 0 Å². The second kappa shape index (κ2) is 9.51. The van der Waals surface area contributed by atoms with E-state index in [2.05, 4.69) is 39.0 Å². The van der Waals surface area contributed by atoms with E-state index in [-0.39, 0.29) is 31.2 Å². The van der Waals surface area contributed by atoms with E-state index < -0.39 is 5.97 Å². The van der Waals surface area contributed by atoms with E-state index in [0.717, 1.165) is 57.7 Å². The highest BCUT2D eigenvalue weighted by Gasteiger charge is 2.57. The highest BCUT2D eigenvalue weighted by Crippen LogP contribution is 2.59. The first-order valence-electron chi connectivity index (χ1n) is 12.4. The fourth-order valence-corrected chi connectivity index (χ4v) is 5.47. The Morgan fingerprint density at radius 2 is 1.78 bits per heavy atom. The molecule has 1 heterocycles. The third-order valence-electron chi connectivity index (χ3n) is 7.41. The maximum absolute atomic E-state index is 11.4. The highest BCUT2D eigenvalue weighted by molar-refractivity contribution is 5.75. The van der Waals surface area contributed by atoms with Crippen LogP contribution < -0.4 is 14.2 Å². The predicted octanol–water partition coefficient (Wildman–Crippen LogP) is 5.71. The molecule has 188 valence electrons. The fraction of sp³-hybridized carbons (Fsp3) is 0.367. The lowest BCUT2D eigenvalue weighted by molar-refractivity contribution is -0.138. The van der Waals surface area contributed by atoms with Crippen molar-refractivity contribution in [3.05, 3.63) is 76.3 Å². The van der Waals surface area contributed by atoms with Gasteiger partial charge in [-0.2, -0.15) is 0 Å². The number of aliphatic carboxylic acids is 1. The molecule has 1 fully saturated rings. The van der Waals surface area contributed by atoms with E-state index in [4.69, 9.17) is 19.3 Å². The number of aliphatic hydroxyl groups excluding tert-OH is 1. The maximum atomic E-state index is 11.4. The molecule has 0 bridgehead atoms. The lowest BCUT2D eigenvalue weighted by Gasteiger charge is -2.18. The van der Waals surface area contributed by atoms with Gasteiger partial charge < -0.3 is 24.4 Å². The van der Waals surface area contributed by atoms with Crippen molar-refractivity contribution in [1.82, 2.24) is 0 Å². The van der Waals surface area contributed by atoms with Crippen molar-refractivity contribution in [1.29, 1.82) is 0 Å². The standard InChI is InChI=1S/C30H32O6/c1-18-13-23(34-12-11-31)14-19(2)29(18)24-6-4-5-21(20(24)3)17-35-22-7-8-25-26(16-28(32)33)30(9-10-30)36-27(25)15-22/h4-8,13-15,26,31H,9-12,16-17H2,1-3H3,(H,32,33)/t26-/m0/s1. The molecule has 36 heavy (non-hydrogen) atoms. The number of ether oxygens (including phenoxy) is 3. The largest absolute Gasteiger partial charge is 0.491 e. The Kier molecular flexibility index (Phi) is 6.39. The van der Waals surface area contributed by atoms with E-state index in [0.29, 0.717) is 12.4 Å². The van der Waals surface area contributed by atoms with Gasteiger partial charge in [0, 0.05) is 17.5 Å². The summed E-state index contributed by atoms with van der Waals surface area (Å²) >= 11 is 0. The van der Waals surface area contributed by atoms with Gasteiger partial charge in [-0.3, -0.25) is 4.79 Å². The number of hydrogen-bond acceptors (Lipinski definition) is 5. The summed E-state index contributed by atoms with van der Waals surface area (Å²) in [4.78, 5) is 11.4. The first-order chi connectivity index (χ1) is 17.3. The number of hydrogen-bond donors (Lipinski definition) is 2. The molecule has 3 aromatic rings. The van der Waals surface area contributed by atoms with Gasteiger partial charge in [0.25, 0.3) is 0 Å². The number of rotatable bonds is 9. The Morgan fingerprint density at radius 1 is 1.03 bits per heavy atom. The Bertz CT molecular complexity index is 1280. The molecule has 2 N–H and O–H groups in total. The summed E-state index contributed by atoms with van der Waals surface area (Å²) in [6.45, 7) is 6.94. The van der Waals surface area contributed by atoms with E-state index >= 15 is 0 Å². The SMILES string of the molecule is Cc1cc(OCCO)cc(C)c1-c1cccc(COc2ccc3c(c2)OC2(CC2)[C@H]3CC(=O)O)c1C. The van der Waals surface area contributed by atoms with Gasteiger partial charge in [0.05, 0.1) is 13.0 Å². The van der Waals surface area contributed by atoms with Gasteiger partial charge in [-0.05, 0) is 85.2 Å². The summed E-state index contributed by atoms with van der Waals surface area (Å²) in [5.74, 6) is 1.33. The molecule has 0 radical (unpaired) electrons. The molecular weight excluding hydrogens is 456 g/mol. The smallest absolute Gasteiger partial charge is 0.304 e. The molecule has 6 nitrogen and oxygen atoms in total. The first-order valence-corrected chi connectivity index (χ1v) is 12.4. The van der Waals surface area contributed by atoms with Crippen molar-refractivity contribution >= 4 is 5.97 Å². The van der Waals surface area contributed by atoms with Crippen LogP contribution in [0.25, 0.3) is 11.1 Å². The molecule has 5 rings (SSSR count). The third-order valence-corrected chi connectivity index (χ3v) is 7.41. The minimum atomic E-state index is -0.795. The summed E-state index contributed by atoms with van der Waals surface area (Å²) in [5, 5.41) is 18.4. The second-order valence-electron chi connectivity index (χ2n) is 9.90. The van der Waals surface area contributed by atoms with Gasteiger partial charge in [0.1, 0.15) is 36.1 Å². The molecule has 1 aliphatic carbocycles. The molecule has 1 saturated carbocycles. The van der Waals surface area contributed by atoms with Crippen LogP contribution in [-0.2, 0) is 11.4 Å². The molecule has 0 aromatic heterocycles. The van der Waals surface area contributed by atoms with Crippen molar-refractivity contribution in [3.8, 4) is 28.4 Å². The van der Waals surface area contributed by atoms with Crippen molar-refractivity contribution < 1.29 is 29.2 Å². The maximum Gasteiger partial charge on any atom is 0.304 e. The van der Waals surface area contributed by atoms with Crippen molar-refractivity contribution in [2.24, 2.45) is 0 Å². The molecule has 0 unspecified atom stereocenters. The Labute approximate surface area is 211 Å². The van der Waals surface area contributed by atoms with Crippen LogP contribution in [0.2, 0.25) is 0 Å². The summed E-state index contributed by atoms with van der Waals surface area (Å²) in [6.07, 6.45) is 1.89. The minimum absolute atomic E-state index is 0.0128. The number of fused-ring (bicyclic) bond motifs is 1. The number of aryl methyl sites for hydroxylation is 2. The average Bonchev–Trinajstić information content (AvgIpc) is 3.55. The van der Waals surface area contributed by atoms with E-state index in [9.17, 15) is 9.90 Å². The fourth-order valence-electron chi connectivity index (χ4n) is 5.47. The zero-order valence-corrected chi connectivity index (χ0v) is 21.0. The summed E-state index contributed by atoms with van der Waals surface area (Å²) < 4.78 is 18.0. The van der Waals surface area contributed by atoms with Crippen LogP contribution >= 0.6 is 0 Å². The number of benzene rings is 3. The predicted molar refractivity (Wildman–Crippen MR) is 137 cm³/mol. The Morgan fingerprint density at radius 3 is 2.44 bits per heavy atom. The van der Waals surface area contributed by atoms with Crippen molar-refractivity contribution in [2.75, 3.05) is 13.2 Å². The van der Waals surface area contributed by atoms with Crippen molar-refractivity contribution in [2.45, 2.75) is 58.2 Å². The normalized spacial score (nSPS) is 16.9. The van der Waals surface area contributed by atoms with Gasteiger partial charge >= 0.3 is 5.97 Å². The van der Waals surface area contributed by atoms with E-state index in [1.807, 2.05) is 30.3 Å². The number of aliphatic hydroxyl groups is 1. The monoisotopic (exact) mass is 488 g/mol.